The first-order valence-corrected chi connectivity index (χ1v) is 5.17. The number of anilines is 1. The second-order valence-corrected chi connectivity index (χ2v) is 4.59. The maximum atomic E-state index is 11.1. The molecule has 6 nitrogen and oxygen atoms in total. The molecule has 0 fully saturated rings. The number of nitrogens with two attached hydrogens (primary N) is 1. The Morgan fingerprint density at radius 2 is 2.27 bits per heavy atom. The highest BCUT2D eigenvalue weighted by Crippen LogP contribution is 2.23. The summed E-state index contributed by atoms with van der Waals surface area (Å²) in [5.41, 5.74) is 5.29. The van der Waals surface area contributed by atoms with Crippen molar-refractivity contribution in [3.63, 3.8) is 0 Å². The van der Waals surface area contributed by atoms with Gasteiger partial charge in [-0.2, -0.15) is 0 Å². The highest BCUT2D eigenvalue weighted by atomic mass is 32.1. The van der Waals surface area contributed by atoms with E-state index in [1.54, 1.807) is 0 Å². The number of methoxy groups -OCH3 is 1. The van der Waals surface area contributed by atoms with E-state index in [0.717, 1.165) is 0 Å². The summed E-state index contributed by atoms with van der Waals surface area (Å²) in [6.45, 7) is 3.66. The Balaban J connectivity index is 2.65. The second-order valence-electron chi connectivity index (χ2n) is 3.62. The summed E-state index contributed by atoms with van der Waals surface area (Å²) in [4.78, 5) is 11.1. The topological polar surface area (TPSA) is 90.1 Å². The summed E-state index contributed by atoms with van der Waals surface area (Å²) in [5.74, 6) is -0.255. The van der Waals surface area contributed by atoms with Crippen LogP contribution >= 0.6 is 11.3 Å². The van der Waals surface area contributed by atoms with Crippen LogP contribution in [0.1, 0.15) is 18.9 Å². The molecule has 0 aliphatic rings. The van der Waals surface area contributed by atoms with E-state index in [1.807, 2.05) is 13.8 Å². The first-order valence-electron chi connectivity index (χ1n) is 4.35. The zero-order valence-electron chi connectivity index (χ0n) is 8.90. The number of amides is 1. The molecule has 0 atom stereocenters. The smallest absolute Gasteiger partial charge is 0.252 e. The van der Waals surface area contributed by atoms with Gasteiger partial charge in [0.25, 0.3) is 5.91 Å². The van der Waals surface area contributed by atoms with Gasteiger partial charge in [-0.1, -0.05) is 11.3 Å². The van der Waals surface area contributed by atoms with E-state index >= 15 is 0 Å². The van der Waals surface area contributed by atoms with Gasteiger partial charge in [-0.25, -0.2) is 0 Å². The van der Waals surface area contributed by atoms with Gasteiger partial charge in [0.05, 0.1) is 5.54 Å². The predicted molar refractivity (Wildman–Crippen MR) is 57.6 cm³/mol. The Bertz CT molecular complexity index is 345. The van der Waals surface area contributed by atoms with Crippen molar-refractivity contribution < 1.29 is 9.53 Å². The van der Waals surface area contributed by atoms with Crippen LogP contribution in [0, 0.1) is 0 Å². The number of nitrogens with one attached hydrogen (secondary N) is 1. The van der Waals surface area contributed by atoms with E-state index in [0.29, 0.717) is 10.1 Å². The molecule has 1 aromatic rings. The summed E-state index contributed by atoms with van der Waals surface area (Å²) >= 11 is 1.26. The summed E-state index contributed by atoms with van der Waals surface area (Å²) in [7, 11) is 1.45. The molecular formula is C8H14N4O2S. The number of hydrogen-bond acceptors (Lipinski definition) is 6. The maximum Gasteiger partial charge on any atom is 0.252 e. The lowest BCUT2D eigenvalue weighted by molar-refractivity contribution is -0.119. The standard InChI is InChI=1S/C8H14N4O2S/c1-8(2,9)6-11-12-7(15-6)10-5(13)4-14-3/h4,9H2,1-3H3,(H,10,12,13). The summed E-state index contributed by atoms with van der Waals surface area (Å²) in [6.07, 6.45) is 0. The van der Waals surface area contributed by atoms with Crippen LogP contribution in [-0.4, -0.2) is 29.8 Å². The Labute approximate surface area is 91.8 Å². The van der Waals surface area contributed by atoms with Crippen LogP contribution in [0.2, 0.25) is 0 Å². The molecule has 0 aliphatic carbocycles. The number of nitrogens with zero attached hydrogens (tertiary/aromatic N) is 2. The highest BCUT2D eigenvalue weighted by Gasteiger charge is 2.20. The van der Waals surface area contributed by atoms with Crippen molar-refractivity contribution in [2.45, 2.75) is 19.4 Å². The number of ether oxygens (including phenoxy) is 1. The van der Waals surface area contributed by atoms with Crippen molar-refractivity contribution in [3.8, 4) is 0 Å². The Morgan fingerprint density at radius 1 is 1.60 bits per heavy atom. The molecule has 1 aromatic heterocycles. The highest BCUT2D eigenvalue weighted by molar-refractivity contribution is 7.15. The van der Waals surface area contributed by atoms with Gasteiger partial charge in [-0.3, -0.25) is 10.1 Å². The van der Waals surface area contributed by atoms with Crippen LogP contribution in [0.15, 0.2) is 0 Å². The molecule has 0 saturated carbocycles. The summed E-state index contributed by atoms with van der Waals surface area (Å²) in [5, 5.41) is 11.4. The van der Waals surface area contributed by atoms with Gasteiger partial charge in [0.15, 0.2) is 0 Å². The quantitative estimate of drug-likeness (QED) is 0.777. The third-order valence-corrected chi connectivity index (χ3v) is 2.68. The van der Waals surface area contributed by atoms with Crippen LogP contribution in [0.5, 0.6) is 0 Å². The van der Waals surface area contributed by atoms with Crippen molar-refractivity contribution in [3.05, 3.63) is 5.01 Å². The fourth-order valence-electron chi connectivity index (χ4n) is 0.821. The molecule has 0 bridgehead atoms. The van der Waals surface area contributed by atoms with Gasteiger partial charge in [0.1, 0.15) is 11.6 Å². The molecule has 0 radical (unpaired) electrons. The Morgan fingerprint density at radius 3 is 2.73 bits per heavy atom. The number of carbonyl (C=O) groups excluding carboxylic acids is 1. The fourth-order valence-corrected chi connectivity index (χ4v) is 1.59. The Hall–Kier alpha value is -1.05. The fraction of sp³-hybridized carbons (Fsp3) is 0.625. The lowest BCUT2D eigenvalue weighted by atomic mass is 10.1. The van der Waals surface area contributed by atoms with E-state index in [2.05, 4.69) is 20.3 Å². The average molecular weight is 230 g/mol. The van der Waals surface area contributed by atoms with Crippen LogP contribution in [0.3, 0.4) is 0 Å². The molecule has 7 heteroatoms. The van der Waals surface area contributed by atoms with E-state index in [1.165, 1.54) is 18.4 Å². The third kappa shape index (κ3) is 3.54. The molecule has 1 heterocycles. The molecule has 0 spiro atoms. The molecule has 0 saturated heterocycles. The van der Waals surface area contributed by atoms with Crippen LogP contribution in [-0.2, 0) is 15.1 Å². The predicted octanol–water partition coefficient (Wildman–Crippen LogP) is 0.317. The third-order valence-electron chi connectivity index (χ3n) is 1.50. The number of aromatic nitrogens is 2. The molecule has 0 aromatic carbocycles. The van der Waals surface area contributed by atoms with Crippen LogP contribution in [0.4, 0.5) is 5.13 Å². The Kier molecular flexibility index (Phi) is 3.72. The molecule has 3 N–H and O–H groups in total. The van der Waals surface area contributed by atoms with Crippen LogP contribution < -0.4 is 11.1 Å². The minimum absolute atomic E-state index is 0.000924. The van der Waals surface area contributed by atoms with Crippen molar-refractivity contribution in [1.29, 1.82) is 0 Å². The monoisotopic (exact) mass is 230 g/mol. The number of rotatable bonds is 4. The maximum absolute atomic E-state index is 11.1. The minimum atomic E-state index is -0.540. The van der Waals surface area contributed by atoms with Gasteiger partial charge in [0, 0.05) is 7.11 Å². The molecular weight excluding hydrogens is 216 g/mol. The normalized spacial score (nSPS) is 11.5. The van der Waals surface area contributed by atoms with Crippen molar-refractivity contribution in [2.75, 3.05) is 19.0 Å². The van der Waals surface area contributed by atoms with Crippen molar-refractivity contribution >= 4 is 22.4 Å². The molecule has 0 unspecified atom stereocenters. The first kappa shape index (κ1) is 12.0. The molecule has 0 aliphatic heterocycles. The summed E-state index contributed by atoms with van der Waals surface area (Å²) in [6, 6.07) is 0. The van der Waals surface area contributed by atoms with Crippen molar-refractivity contribution in [1.82, 2.24) is 10.2 Å². The zero-order chi connectivity index (χ0) is 11.5. The largest absolute Gasteiger partial charge is 0.375 e. The van der Waals surface area contributed by atoms with E-state index in [-0.39, 0.29) is 12.5 Å². The number of carbonyl (C=O) groups is 1. The van der Waals surface area contributed by atoms with Gasteiger partial charge in [-0.05, 0) is 13.8 Å². The summed E-state index contributed by atoms with van der Waals surface area (Å²) < 4.78 is 4.67. The SMILES string of the molecule is COCC(=O)Nc1nnc(C(C)(C)N)s1. The van der Waals surface area contributed by atoms with Gasteiger partial charge < -0.3 is 10.5 Å². The zero-order valence-corrected chi connectivity index (χ0v) is 9.72. The average Bonchev–Trinajstić information content (AvgIpc) is 2.52. The van der Waals surface area contributed by atoms with E-state index in [9.17, 15) is 4.79 Å². The first-order chi connectivity index (χ1) is 6.93. The van der Waals surface area contributed by atoms with Crippen LogP contribution in [0.25, 0.3) is 0 Å². The molecule has 1 amide bonds. The molecule has 15 heavy (non-hydrogen) atoms. The lowest BCUT2D eigenvalue weighted by Crippen LogP contribution is -2.28. The number of hydrogen-bond donors (Lipinski definition) is 2. The second kappa shape index (κ2) is 4.65. The van der Waals surface area contributed by atoms with Gasteiger partial charge in [-0.15, -0.1) is 10.2 Å². The van der Waals surface area contributed by atoms with E-state index in [4.69, 9.17) is 5.73 Å². The van der Waals surface area contributed by atoms with Crippen molar-refractivity contribution in [2.24, 2.45) is 5.73 Å². The molecule has 1 rings (SSSR count). The van der Waals surface area contributed by atoms with E-state index < -0.39 is 5.54 Å². The minimum Gasteiger partial charge on any atom is -0.375 e. The van der Waals surface area contributed by atoms with Gasteiger partial charge in [0.2, 0.25) is 5.13 Å². The van der Waals surface area contributed by atoms with Gasteiger partial charge >= 0.3 is 0 Å². The lowest BCUT2D eigenvalue weighted by Gasteiger charge is -2.12. The molecule has 84 valence electrons.